The fourth-order valence-electron chi connectivity index (χ4n) is 3.69. The van der Waals surface area contributed by atoms with Crippen molar-refractivity contribution in [1.29, 1.82) is 0 Å². The quantitative estimate of drug-likeness (QED) is 0.476. The van der Waals surface area contributed by atoms with E-state index in [4.69, 9.17) is 21.1 Å². The average molecular weight is 512 g/mol. The Morgan fingerprint density at radius 3 is 2.52 bits per heavy atom. The van der Waals surface area contributed by atoms with Gasteiger partial charge in [-0.2, -0.15) is 4.31 Å². The zero-order chi connectivity index (χ0) is 23.6. The number of methoxy groups -OCH3 is 2. The number of ether oxygens (including phenoxy) is 2. The van der Waals surface area contributed by atoms with Gasteiger partial charge in [0.05, 0.1) is 19.9 Å². The Balaban J connectivity index is 1.43. The SMILES string of the molecule is COc1ccc(S(=O)(=O)N2CCN(c3nc(Cc4cc(F)cc(Cl)c4)cs3)CC2)c(OC)c1. The second-order valence-electron chi connectivity index (χ2n) is 7.48. The van der Waals surface area contributed by atoms with Crippen LogP contribution < -0.4 is 14.4 Å². The predicted molar refractivity (Wildman–Crippen MR) is 127 cm³/mol. The maximum atomic E-state index is 13.6. The van der Waals surface area contributed by atoms with Crippen molar-refractivity contribution in [2.45, 2.75) is 11.3 Å². The fourth-order valence-corrected chi connectivity index (χ4v) is 6.37. The summed E-state index contributed by atoms with van der Waals surface area (Å²) >= 11 is 7.42. The van der Waals surface area contributed by atoms with E-state index in [-0.39, 0.29) is 16.5 Å². The van der Waals surface area contributed by atoms with Crippen LogP contribution in [0.25, 0.3) is 0 Å². The molecule has 176 valence electrons. The highest BCUT2D eigenvalue weighted by molar-refractivity contribution is 7.89. The standard InChI is InChI=1S/C22H23ClFN3O4S2/c1-30-19-3-4-21(20(13-19)31-2)33(28,29)27-7-5-26(6-8-27)22-25-18(14-32-22)11-15-9-16(23)12-17(24)10-15/h3-4,9-10,12-14H,5-8,11H2,1-2H3. The molecule has 3 aromatic rings. The molecule has 0 aliphatic carbocycles. The summed E-state index contributed by atoms with van der Waals surface area (Å²) in [5.41, 5.74) is 1.57. The summed E-state index contributed by atoms with van der Waals surface area (Å²) < 4.78 is 51.9. The first-order chi connectivity index (χ1) is 15.8. The summed E-state index contributed by atoms with van der Waals surface area (Å²) in [4.78, 5) is 6.83. The number of rotatable bonds is 7. The second-order valence-corrected chi connectivity index (χ2v) is 10.7. The third-order valence-electron chi connectivity index (χ3n) is 5.34. The number of hydrogen-bond donors (Lipinski definition) is 0. The molecule has 0 N–H and O–H groups in total. The lowest BCUT2D eigenvalue weighted by molar-refractivity contribution is 0.370. The van der Waals surface area contributed by atoms with Gasteiger partial charge in [0, 0.05) is 49.1 Å². The molecule has 7 nitrogen and oxygen atoms in total. The minimum Gasteiger partial charge on any atom is -0.497 e. The molecule has 0 atom stereocenters. The second kappa shape index (κ2) is 9.84. The van der Waals surface area contributed by atoms with Crippen molar-refractivity contribution >= 4 is 38.1 Å². The van der Waals surface area contributed by atoms with Crippen molar-refractivity contribution in [2.24, 2.45) is 0 Å². The fraction of sp³-hybridized carbons (Fsp3) is 0.318. The summed E-state index contributed by atoms with van der Waals surface area (Å²) in [5.74, 6) is 0.397. The van der Waals surface area contributed by atoms with E-state index in [1.165, 1.54) is 48.1 Å². The molecule has 0 amide bonds. The number of piperazine rings is 1. The Kier molecular flexibility index (Phi) is 7.08. The van der Waals surface area contributed by atoms with Crippen molar-refractivity contribution in [3.05, 3.63) is 63.9 Å². The molecule has 1 aliphatic rings. The largest absolute Gasteiger partial charge is 0.497 e. The lowest BCUT2D eigenvalue weighted by Gasteiger charge is -2.34. The highest BCUT2D eigenvalue weighted by Crippen LogP contribution is 2.32. The lowest BCUT2D eigenvalue weighted by atomic mass is 10.1. The van der Waals surface area contributed by atoms with E-state index >= 15 is 0 Å². The molecule has 1 fully saturated rings. The minimum absolute atomic E-state index is 0.115. The monoisotopic (exact) mass is 511 g/mol. The number of benzene rings is 2. The molecule has 0 radical (unpaired) electrons. The van der Waals surface area contributed by atoms with E-state index in [0.717, 1.165) is 16.4 Å². The maximum Gasteiger partial charge on any atom is 0.246 e. The highest BCUT2D eigenvalue weighted by Gasteiger charge is 2.31. The van der Waals surface area contributed by atoms with Gasteiger partial charge in [0.1, 0.15) is 22.2 Å². The van der Waals surface area contributed by atoms with Gasteiger partial charge in [-0.05, 0) is 35.9 Å². The molecule has 0 unspecified atom stereocenters. The molecule has 0 saturated carbocycles. The van der Waals surface area contributed by atoms with Gasteiger partial charge < -0.3 is 14.4 Å². The highest BCUT2D eigenvalue weighted by atomic mass is 35.5. The smallest absolute Gasteiger partial charge is 0.246 e. The molecule has 11 heteroatoms. The summed E-state index contributed by atoms with van der Waals surface area (Å²) in [6.07, 6.45) is 0.472. The topological polar surface area (TPSA) is 72.0 Å². The number of anilines is 1. The van der Waals surface area contributed by atoms with Crippen molar-refractivity contribution in [2.75, 3.05) is 45.3 Å². The Labute approximate surface area is 201 Å². The van der Waals surface area contributed by atoms with Gasteiger partial charge in [0.15, 0.2) is 5.13 Å². The normalized spacial score (nSPS) is 15.0. The van der Waals surface area contributed by atoms with E-state index in [2.05, 4.69) is 9.88 Å². The van der Waals surface area contributed by atoms with E-state index in [0.29, 0.717) is 43.4 Å². The van der Waals surface area contributed by atoms with Crippen molar-refractivity contribution in [3.8, 4) is 11.5 Å². The van der Waals surface area contributed by atoms with Crippen LogP contribution in [0.5, 0.6) is 11.5 Å². The van der Waals surface area contributed by atoms with Crippen molar-refractivity contribution in [3.63, 3.8) is 0 Å². The first kappa shape index (κ1) is 23.7. The number of thiazole rings is 1. The van der Waals surface area contributed by atoms with E-state index in [1.807, 2.05) is 5.38 Å². The molecule has 0 bridgehead atoms. The van der Waals surface area contributed by atoms with Crippen LogP contribution in [0.4, 0.5) is 9.52 Å². The van der Waals surface area contributed by atoms with Crippen molar-refractivity contribution in [1.82, 2.24) is 9.29 Å². The lowest BCUT2D eigenvalue weighted by Crippen LogP contribution is -2.48. The molecule has 2 aromatic carbocycles. The minimum atomic E-state index is -3.72. The van der Waals surface area contributed by atoms with Gasteiger partial charge in [-0.3, -0.25) is 0 Å². The van der Waals surface area contributed by atoms with Crippen LogP contribution in [-0.2, 0) is 16.4 Å². The third-order valence-corrected chi connectivity index (χ3v) is 8.45. The van der Waals surface area contributed by atoms with Crippen LogP contribution in [0.2, 0.25) is 5.02 Å². The zero-order valence-corrected chi connectivity index (χ0v) is 20.5. The van der Waals surface area contributed by atoms with Gasteiger partial charge in [0.25, 0.3) is 0 Å². The Hall–Kier alpha value is -2.40. The van der Waals surface area contributed by atoms with Gasteiger partial charge in [-0.1, -0.05) is 11.6 Å². The third kappa shape index (κ3) is 5.24. The van der Waals surface area contributed by atoms with Gasteiger partial charge in [-0.25, -0.2) is 17.8 Å². The number of halogens is 2. The van der Waals surface area contributed by atoms with Crippen LogP contribution in [0, 0.1) is 5.82 Å². The Morgan fingerprint density at radius 2 is 1.85 bits per heavy atom. The molecular weight excluding hydrogens is 489 g/mol. The van der Waals surface area contributed by atoms with Gasteiger partial charge in [-0.15, -0.1) is 11.3 Å². The van der Waals surface area contributed by atoms with E-state index in [1.54, 1.807) is 18.2 Å². The molecule has 0 spiro atoms. The number of nitrogens with zero attached hydrogens (tertiary/aromatic N) is 3. The first-order valence-corrected chi connectivity index (χ1v) is 12.9. The van der Waals surface area contributed by atoms with Gasteiger partial charge in [0.2, 0.25) is 10.0 Å². The van der Waals surface area contributed by atoms with Crippen LogP contribution >= 0.6 is 22.9 Å². The maximum absolute atomic E-state index is 13.6. The summed E-state index contributed by atoms with van der Waals surface area (Å²) in [6.45, 7) is 1.67. The number of sulfonamides is 1. The van der Waals surface area contributed by atoms with E-state index in [9.17, 15) is 12.8 Å². The molecule has 1 saturated heterocycles. The first-order valence-electron chi connectivity index (χ1n) is 10.2. The molecule has 1 aliphatic heterocycles. The van der Waals surface area contributed by atoms with Crippen molar-refractivity contribution < 1.29 is 22.3 Å². The molecule has 2 heterocycles. The molecule has 4 rings (SSSR count). The van der Waals surface area contributed by atoms with Crippen LogP contribution in [0.3, 0.4) is 0 Å². The number of aromatic nitrogens is 1. The summed E-state index contributed by atoms with van der Waals surface area (Å²) in [7, 11) is -0.770. The van der Waals surface area contributed by atoms with E-state index < -0.39 is 10.0 Å². The summed E-state index contributed by atoms with van der Waals surface area (Å²) in [6, 6.07) is 9.11. The summed E-state index contributed by atoms with van der Waals surface area (Å²) in [5, 5.41) is 3.09. The molecular formula is C22H23ClFN3O4S2. The van der Waals surface area contributed by atoms with Crippen LogP contribution in [0.15, 0.2) is 46.7 Å². The Bertz CT molecular complexity index is 1220. The Morgan fingerprint density at radius 1 is 1.09 bits per heavy atom. The van der Waals surface area contributed by atoms with Gasteiger partial charge >= 0.3 is 0 Å². The van der Waals surface area contributed by atoms with Crippen LogP contribution in [0.1, 0.15) is 11.3 Å². The zero-order valence-electron chi connectivity index (χ0n) is 18.1. The molecule has 33 heavy (non-hydrogen) atoms. The van der Waals surface area contributed by atoms with Crippen LogP contribution in [-0.4, -0.2) is 58.1 Å². The number of hydrogen-bond acceptors (Lipinski definition) is 7. The molecule has 1 aromatic heterocycles. The average Bonchev–Trinajstić information content (AvgIpc) is 3.26. The predicted octanol–water partition coefficient (Wildman–Crippen LogP) is 4.05.